The number of hydrogen-bond donors (Lipinski definition) is 1. The third kappa shape index (κ3) is 8.95. The second-order valence-electron chi connectivity index (χ2n) is 2.40. The molecule has 0 unspecified atom stereocenters. The van der Waals surface area contributed by atoms with Crippen molar-refractivity contribution < 1.29 is 42.3 Å². The predicted molar refractivity (Wildman–Crippen MR) is 64.1 cm³/mol. The van der Waals surface area contributed by atoms with Crippen LogP contribution in [0.3, 0.4) is 0 Å². The summed E-state index contributed by atoms with van der Waals surface area (Å²) in [7, 11) is 1.54. The molecule has 0 saturated carbocycles. The molecule has 83 valence electrons. The first-order valence-electron chi connectivity index (χ1n) is 4.16. The van der Waals surface area contributed by atoms with E-state index >= 15 is 0 Å². The quantitative estimate of drug-likeness (QED) is 0.519. The van der Waals surface area contributed by atoms with E-state index in [4.69, 9.17) is 0 Å². The fourth-order valence-corrected chi connectivity index (χ4v) is 0.861. The van der Waals surface area contributed by atoms with Crippen LogP contribution in [0.2, 0.25) is 0 Å². The van der Waals surface area contributed by atoms with Crippen LogP contribution in [0.1, 0.15) is 5.56 Å². The maximum Gasteiger partial charge on any atom is 0.0627 e. The standard InChI is InChI=1S/C7H5O.C4H6NOS.Y/c8-6-7-4-2-1-3-5-7;1-5-4(2-6)3-7;/h1-5H;7H,3H2,1H3;/q2*-1;. The Kier molecular flexibility index (Phi) is 14.4. The summed E-state index contributed by atoms with van der Waals surface area (Å²) >= 11 is 3.78. The zero-order valence-electron chi connectivity index (χ0n) is 8.88. The topological polar surface area (TPSA) is 46.5 Å². The largest absolute Gasteiger partial charge is 0.536 e. The summed E-state index contributed by atoms with van der Waals surface area (Å²) in [6, 6.07) is 8.90. The van der Waals surface area contributed by atoms with Crippen molar-refractivity contribution in [2.45, 2.75) is 0 Å². The van der Waals surface area contributed by atoms with E-state index in [-0.39, 0.29) is 32.7 Å². The smallest absolute Gasteiger partial charge is 0.0627 e. The van der Waals surface area contributed by atoms with Crippen molar-refractivity contribution in [3.05, 3.63) is 35.9 Å². The van der Waals surface area contributed by atoms with Crippen LogP contribution in [0.15, 0.2) is 35.3 Å². The van der Waals surface area contributed by atoms with E-state index in [1.165, 1.54) is 7.05 Å². The first-order chi connectivity index (χ1) is 7.28. The Morgan fingerprint density at radius 1 is 1.31 bits per heavy atom. The Labute approximate surface area is 126 Å². The Hall–Kier alpha value is -0.316. The fourth-order valence-electron chi connectivity index (χ4n) is 0.655. The molecule has 16 heavy (non-hydrogen) atoms. The van der Waals surface area contributed by atoms with Gasteiger partial charge in [0, 0.05) is 45.5 Å². The molecule has 0 fully saturated rings. The fraction of sp³-hybridized carbons (Fsp3) is 0.182. The first kappa shape index (κ1) is 18.1. The molecule has 1 radical (unpaired) electrons. The number of thiol groups is 1. The molecular weight excluding hydrogens is 299 g/mol. The number of aliphatic imine (C=N–C) groups is 1. The molecule has 0 atom stereocenters. The molecule has 1 aromatic carbocycles. The van der Waals surface area contributed by atoms with Gasteiger partial charge < -0.3 is 14.6 Å². The molecule has 0 spiro atoms. The summed E-state index contributed by atoms with van der Waals surface area (Å²) in [6.07, 6.45) is 3.40. The van der Waals surface area contributed by atoms with Crippen molar-refractivity contribution in [3.8, 4) is 0 Å². The zero-order valence-corrected chi connectivity index (χ0v) is 12.6. The van der Waals surface area contributed by atoms with Gasteiger partial charge in [0.25, 0.3) is 0 Å². The maximum atomic E-state index is 9.88. The number of nitrogens with zero attached hydrogens (tertiary/aromatic N) is 1. The summed E-state index contributed by atoms with van der Waals surface area (Å²) in [6.45, 7) is 0. The first-order valence-corrected chi connectivity index (χ1v) is 4.79. The molecule has 0 aliphatic carbocycles. The molecule has 0 amide bonds. The minimum Gasteiger partial charge on any atom is -0.536 e. The van der Waals surface area contributed by atoms with Crippen LogP contribution in [0.4, 0.5) is 0 Å². The monoisotopic (exact) mass is 310 g/mol. The van der Waals surface area contributed by atoms with Gasteiger partial charge in [0.05, 0.1) is 6.29 Å². The van der Waals surface area contributed by atoms with E-state index < -0.39 is 0 Å². The van der Waals surface area contributed by atoms with Gasteiger partial charge in [-0.2, -0.15) is 30.3 Å². The van der Waals surface area contributed by atoms with Crippen molar-refractivity contribution in [3.63, 3.8) is 0 Å². The molecule has 0 saturated heterocycles. The van der Waals surface area contributed by atoms with Gasteiger partial charge in [-0.3, -0.25) is 0 Å². The molecule has 0 aliphatic heterocycles. The summed E-state index contributed by atoms with van der Waals surface area (Å²) < 4.78 is 0. The van der Waals surface area contributed by atoms with Crippen molar-refractivity contribution >= 4 is 30.9 Å². The van der Waals surface area contributed by atoms with Crippen LogP contribution in [0.25, 0.3) is 0 Å². The van der Waals surface area contributed by atoms with Gasteiger partial charge in [-0.05, 0) is 0 Å². The average Bonchev–Trinajstić information content (AvgIpc) is 2.33. The molecule has 0 N–H and O–H groups in total. The third-order valence-electron chi connectivity index (χ3n) is 1.43. The normalized spacial score (nSPS) is 9.25. The summed E-state index contributed by atoms with van der Waals surface area (Å²) in [4.78, 5) is 23.1. The van der Waals surface area contributed by atoms with E-state index in [2.05, 4.69) is 17.6 Å². The van der Waals surface area contributed by atoms with Crippen LogP contribution in [-0.4, -0.2) is 31.1 Å². The van der Waals surface area contributed by atoms with E-state index in [1.807, 2.05) is 6.07 Å². The van der Waals surface area contributed by atoms with Gasteiger partial charge in [0.15, 0.2) is 0 Å². The SMILES string of the molecule is CN=C([C-]=O)CS.O=[C-]c1ccccc1.[Y]. The molecule has 3 nitrogen and oxygen atoms in total. The van der Waals surface area contributed by atoms with Crippen molar-refractivity contribution in [2.24, 2.45) is 4.99 Å². The Balaban J connectivity index is 0. The van der Waals surface area contributed by atoms with E-state index in [9.17, 15) is 9.59 Å². The van der Waals surface area contributed by atoms with Crippen LogP contribution in [-0.2, 0) is 42.3 Å². The van der Waals surface area contributed by atoms with Gasteiger partial charge in [0.1, 0.15) is 0 Å². The summed E-state index contributed by atoms with van der Waals surface area (Å²) in [5, 5.41) is 0. The Morgan fingerprint density at radius 3 is 2.06 bits per heavy atom. The number of hydrogen-bond acceptors (Lipinski definition) is 4. The molecule has 0 heterocycles. The van der Waals surface area contributed by atoms with Crippen molar-refractivity contribution in [2.75, 3.05) is 12.8 Å². The minimum atomic E-state index is 0. The van der Waals surface area contributed by atoms with Crippen LogP contribution in [0.5, 0.6) is 0 Å². The molecule has 1 aromatic rings. The molecule has 0 bridgehead atoms. The van der Waals surface area contributed by atoms with Crippen LogP contribution >= 0.6 is 12.6 Å². The minimum absolute atomic E-state index is 0. The maximum absolute atomic E-state index is 9.88. The Bertz CT molecular complexity index is 328. The molecule has 0 aromatic heterocycles. The van der Waals surface area contributed by atoms with Gasteiger partial charge >= 0.3 is 0 Å². The number of rotatable bonds is 3. The average molecular weight is 310 g/mol. The van der Waals surface area contributed by atoms with Crippen molar-refractivity contribution in [1.29, 1.82) is 0 Å². The van der Waals surface area contributed by atoms with Crippen molar-refractivity contribution in [1.82, 2.24) is 0 Å². The van der Waals surface area contributed by atoms with Crippen LogP contribution < -0.4 is 0 Å². The Morgan fingerprint density at radius 2 is 1.88 bits per heavy atom. The van der Waals surface area contributed by atoms with E-state index in [0.29, 0.717) is 17.0 Å². The van der Waals surface area contributed by atoms with E-state index in [0.717, 1.165) is 0 Å². The van der Waals surface area contributed by atoms with Gasteiger partial charge in [-0.1, -0.05) is 11.8 Å². The van der Waals surface area contributed by atoms with Gasteiger partial charge in [-0.15, -0.1) is 12.1 Å². The number of carbonyl (C=O) groups excluding carboxylic acids is 2. The zero-order chi connectivity index (χ0) is 11.5. The summed E-state index contributed by atoms with van der Waals surface area (Å²) in [5.74, 6) is 0.375. The predicted octanol–water partition coefficient (Wildman–Crippen LogP) is 1.24. The number of benzene rings is 1. The second kappa shape index (κ2) is 12.8. The van der Waals surface area contributed by atoms with Crippen LogP contribution in [0, 0.1) is 0 Å². The molecule has 5 heteroatoms. The molecular formula is C11H11NO2SY-2. The molecule has 0 aliphatic rings. The van der Waals surface area contributed by atoms with Gasteiger partial charge in [-0.25, -0.2) is 6.29 Å². The molecule has 1 rings (SSSR count). The van der Waals surface area contributed by atoms with Gasteiger partial charge in [0.2, 0.25) is 0 Å². The third-order valence-corrected chi connectivity index (χ3v) is 1.73. The summed E-state index contributed by atoms with van der Waals surface area (Å²) in [5.41, 5.74) is 0.968. The second-order valence-corrected chi connectivity index (χ2v) is 2.71. The van der Waals surface area contributed by atoms with E-state index in [1.54, 1.807) is 36.8 Å².